The van der Waals surface area contributed by atoms with Crippen molar-refractivity contribution in [3.8, 4) is 0 Å². The molecule has 4 nitrogen and oxygen atoms in total. The highest BCUT2D eigenvalue weighted by molar-refractivity contribution is 5.83. The molecule has 0 N–H and O–H groups in total. The Balaban J connectivity index is 1.61. The Morgan fingerprint density at radius 3 is 2.39 bits per heavy atom. The molecule has 0 aromatic heterocycles. The molecule has 2 amide bonds. The molecule has 2 aliphatic rings. The fourth-order valence-electron chi connectivity index (χ4n) is 4.36. The third-order valence-electron chi connectivity index (χ3n) is 5.99. The summed E-state index contributed by atoms with van der Waals surface area (Å²) < 4.78 is 37.8. The largest absolute Gasteiger partial charge is 0.471 e. The van der Waals surface area contributed by atoms with Crippen LogP contribution in [0.4, 0.5) is 13.2 Å². The van der Waals surface area contributed by atoms with E-state index in [2.05, 4.69) is 32.0 Å². The van der Waals surface area contributed by atoms with Crippen molar-refractivity contribution in [3.63, 3.8) is 0 Å². The third kappa shape index (κ3) is 4.50. The molecule has 2 heterocycles. The van der Waals surface area contributed by atoms with Crippen molar-refractivity contribution in [1.82, 2.24) is 9.80 Å². The summed E-state index contributed by atoms with van der Waals surface area (Å²) >= 11 is 0. The van der Waals surface area contributed by atoms with Crippen LogP contribution in [-0.2, 0) is 16.0 Å². The first kappa shape index (κ1) is 20.7. The van der Waals surface area contributed by atoms with E-state index in [1.54, 1.807) is 0 Å². The van der Waals surface area contributed by atoms with Gasteiger partial charge in [0.1, 0.15) is 0 Å². The Kier molecular flexibility index (Phi) is 6.01. The molecule has 0 spiro atoms. The lowest BCUT2D eigenvalue weighted by molar-refractivity contribution is -0.187. The molecule has 0 aliphatic carbocycles. The maximum Gasteiger partial charge on any atom is 0.471 e. The van der Waals surface area contributed by atoms with E-state index in [1.165, 1.54) is 16.7 Å². The summed E-state index contributed by atoms with van der Waals surface area (Å²) in [6.07, 6.45) is -1.54. The second-order valence-electron chi connectivity index (χ2n) is 8.03. The minimum absolute atomic E-state index is 0.00968. The van der Waals surface area contributed by atoms with E-state index in [-0.39, 0.29) is 31.0 Å². The summed E-state index contributed by atoms with van der Waals surface area (Å²) in [6, 6.07) is 6.48. The van der Waals surface area contributed by atoms with Crippen LogP contribution in [0.3, 0.4) is 0 Å². The van der Waals surface area contributed by atoms with Crippen LogP contribution < -0.4 is 0 Å². The van der Waals surface area contributed by atoms with Gasteiger partial charge in [-0.05, 0) is 57.1 Å². The number of nitrogens with zero attached hydrogens (tertiary/aromatic N) is 2. The van der Waals surface area contributed by atoms with E-state index in [0.29, 0.717) is 19.4 Å². The molecule has 0 saturated carbocycles. The fraction of sp³-hybridized carbons (Fsp3) is 0.619. The van der Waals surface area contributed by atoms with Gasteiger partial charge in [-0.25, -0.2) is 0 Å². The van der Waals surface area contributed by atoms with Crippen molar-refractivity contribution in [1.29, 1.82) is 0 Å². The molecule has 7 heteroatoms. The highest BCUT2D eigenvalue weighted by atomic mass is 19.4. The molecule has 0 bridgehead atoms. The van der Waals surface area contributed by atoms with Gasteiger partial charge in [-0.15, -0.1) is 0 Å². The van der Waals surface area contributed by atoms with E-state index < -0.39 is 12.1 Å². The van der Waals surface area contributed by atoms with Gasteiger partial charge in [0.2, 0.25) is 5.91 Å². The Morgan fingerprint density at radius 1 is 1.07 bits per heavy atom. The molecule has 2 saturated heterocycles. The second kappa shape index (κ2) is 8.13. The number of rotatable bonds is 3. The summed E-state index contributed by atoms with van der Waals surface area (Å²) in [5, 5.41) is 0. The molecule has 1 aromatic carbocycles. The number of piperidine rings is 1. The van der Waals surface area contributed by atoms with Crippen molar-refractivity contribution in [2.45, 2.75) is 58.2 Å². The van der Waals surface area contributed by atoms with Crippen LogP contribution in [0.25, 0.3) is 0 Å². The molecule has 1 aromatic rings. The highest BCUT2D eigenvalue weighted by Gasteiger charge is 2.44. The molecule has 2 fully saturated rings. The number of hydrogen-bond donors (Lipinski definition) is 0. The summed E-state index contributed by atoms with van der Waals surface area (Å²) in [6.45, 7) is 4.81. The van der Waals surface area contributed by atoms with Crippen LogP contribution >= 0.6 is 0 Å². The van der Waals surface area contributed by atoms with Crippen LogP contribution in [0.2, 0.25) is 0 Å². The SMILES string of the molecule is Cc1ccc(C)c(CC2CCCN2C(=O)C2CCN(C(=O)C(F)(F)F)CC2)c1. The normalized spacial score (nSPS) is 21.2. The van der Waals surface area contributed by atoms with Gasteiger partial charge in [-0.2, -0.15) is 13.2 Å². The predicted molar refractivity (Wildman–Crippen MR) is 99.7 cm³/mol. The highest BCUT2D eigenvalue weighted by Crippen LogP contribution is 2.29. The lowest BCUT2D eigenvalue weighted by Crippen LogP contribution is -2.49. The van der Waals surface area contributed by atoms with Crippen molar-refractivity contribution < 1.29 is 22.8 Å². The monoisotopic (exact) mass is 396 g/mol. The van der Waals surface area contributed by atoms with Crippen molar-refractivity contribution in [2.75, 3.05) is 19.6 Å². The molecule has 154 valence electrons. The quantitative estimate of drug-likeness (QED) is 0.783. The lowest BCUT2D eigenvalue weighted by Gasteiger charge is -2.35. The van der Waals surface area contributed by atoms with Gasteiger partial charge in [0.25, 0.3) is 0 Å². The summed E-state index contributed by atoms with van der Waals surface area (Å²) in [4.78, 5) is 27.1. The van der Waals surface area contributed by atoms with Crippen molar-refractivity contribution in [3.05, 3.63) is 34.9 Å². The second-order valence-corrected chi connectivity index (χ2v) is 8.03. The van der Waals surface area contributed by atoms with Gasteiger partial charge >= 0.3 is 12.1 Å². The number of amides is 2. The van der Waals surface area contributed by atoms with Crippen LogP contribution in [0.15, 0.2) is 18.2 Å². The minimum atomic E-state index is -4.84. The fourth-order valence-corrected chi connectivity index (χ4v) is 4.36. The average Bonchev–Trinajstić information content (AvgIpc) is 3.11. The Hall–Kier alpha value is -2.05. The number of alkyl halides is 3. The maximum absolute atomic E-state index is 13.0. The zero-order valence-corrected chi connectivity index (χ0v) is 16.4. The van der Waals surface area contributed by atoms with E-state index in [0.717, 1.165) is 24.2 Å². The zero-order chi connectivity index (χ0) is 20.5. The molecule has 1 unspecified atom stereocenters. The van der Waals surface area contributed by atoms with Gasteiger partial charge in [0, 0.05) is 31.6 Å². The number of carbonyl (C=O) groups excluding carboxylic acids is 2. The Morgan fingerprint density at radius 2 is 1.75 bits per heavy atom. The predicted octanol–water partition coefficient (Wildman–Crippen LogP) is 3.64. The van der Waals surface area contributed by atoms with Crippen LogP contribution in [0, 0.1) is 19.8 Å². The first-order valence-corrected chi connectivity index (χ1v) is 9.89. The van der Waals surface area contributed by atoms with Crippen molar-refractivity contribution in [2.24, 2.45) is 5.92 Å². The molecule has 0 radical (unpaired) electrons. The minimum Gasteiger partial charge on any atom is -0.339 e. The van der Waals surface area contributed by atoms with E-state index in [4.69, 9.17) is 0 Å². The van der Waals surface area contributed by atoms with Gasteiger partial charge in [-0.1, -0.05) is 23.8 Å². The number of hydrogen-bond acceptors (Lipinski definition) is 2. The molecule has 1 atom stereocenters. The molecular weight excluding hydrogens is 369 g/mol. The van der Waals surface area contributed by atoms with E-state index in [9.17, 15) is 22.8 Å². The smallest absolute Gasteiger partial charge is 0.339 e. The number of benzene rings is 1. The standard InChI is InChI=1S/C21H27F3N2O2/c1-14-5-6-15(2)17(12-14)13-18-4-3-9-26(18)19(27)16-7-10-25(11-8-16)20(28)21(22,23)24/h5-6,12,16,18H,3-4,7-11,13H2,1-2H3. The average molecular weight is 396 g/mol. The summed E-state index contributed by atoms with van der Waals surface area (Å²) in [7, 11) is 0. The van der Waals surface area contributed by atoms with Crippen LogP contribution in [0.1, 0.15) is 42.4 Å². The molecular formula is C21H27F3N2O2. The summed E-state index contributed by atoms with van der Waals surface area (Å²) in [5.74, 6) is -2.06. The molecule has 28 heavy (non-hydrogen) atoms. The van der Waals surface area contributed by atoms with Gasteiger partial charge < -0.3 is 9.80 Å². The van der Waals surface area contributed by atoms with Gasteiger partial charge in [-0.3, -0.25) is 9.59 Å². The zero-order valence-electron chi connectivity index (χ0n) is 16.4. The van der Waals surface area contributed by atoms with Crippen LogP contribution in [0.5, 0.6) is 0 Å². The number of likely N-dealkylation sites (tertiary alicyclic amines) is 2. The topological polar surface area (TPSA) is 40.6 Å². The van der Waals surface area contributed by atoms with E-state index in [1.807, 2.05) is 4.90 Å². The Labute approximate surface area is 163 Å². The third-order valence-corrected chi connectivity index (χ3v) is 5.99. The molecule has 3 rings (SSSR count). The van der Waals surface area contributed by atoms with Crippen molar-refractivity contribution >= 4 is 11.8 Å². The first-order valence-electron chi connectivity index (χ1n) is 9.89. The van der Waals surface area contributed by atoms with E-state index >= 15 is 0 Å². The summed E-state index contributed by atoms with van der Waals surface area (Å²) in [5.41, 5.74) is 3.65. The number of halogens is 3. The maximum atomic E-state index is 13.0. The number of carbonyl (C=O) groups is 2. The van der Waals surface area contributed by atoms with Gasteiger partial charge in [0.05, 0.1) is 0 Å². The van der Waals surface area contributed by atoms with Crippen LogP contribution in [-0.4, -0.2) is 53.5 Å². The first-order chi connectivity index (χ1) is 13.2. The molecule has 2 aliphatic heterocycles. The number of aryl methyl sites for hydroxylation is 2. The lowest BCUT2D eigenvalue weighted by atomic mass is 9.93. The Bertz CT molecular complexity index is 740. The van der Waals surface area contributed by atoms with Gasteiger partial charge in [0.15, 0.2) is 0 Å².